The van der Waals surface area contributed by atoms with Crippen LogP contribution in [0, 0.1) is 6.92 Å². The molecule has 4 heterocycles. The summed E-state index contributed by atoms with van der Waals surface area (Å²) in [6.07, 6.45) is 1.39. The number of phenols is 1. The molecule has 0 saturated carbocycles. The largest absolute Gasteiger partial charge is 0.508 e. The van der Waals surface area contributed by atoms with Crippen molar-refractivity contribution >= 4 is 52.9 Å². The fourth-order valence-electron chi connectivity index (χ4n) is 5.25. The molecule has 1 aromatic carbocycles. The number of H-pyrrole nitrogens is 1. The number of benzene rings is 1. The summed E-state index contributed by atoms with van der Waals surface area (Å²) in [4.78, 5) is 85.3. The highest BCUT2D eigenvalue weighted by Crippen LogP contribution is 2.54. The molecule has 6 N–H and O–H groups in total. The number of carboxylic acid groups (broad SMARTS) is 1. The summed E-state index contributed by atoms with van der Waals surface area (Å²) in [6, 6.07) is 5.68. The fourth-order valence-corrected chi connectivity index (χ4v) is 6.90. The van der Waals surface area contributed by atoms with Gasteiger partial charge >= 0.3 is 5.97 Å². The van der Waals surface area contributed by atoms with E-state index in [4.69, 9.17) is 0 Å². The molecular formula is C27H26N6O8S. The number of aromatic nitrogens is 2. The Labute approximate surface area is 241 Å². The summed E-state index contributed by atoms with van der Waals surface area (Å²) in [5.74, 6) is -4.07. The van der Waals surface area contributed by atoms with Gasteiger partial charge in [0.2, 0.25) is 23.4 Å². The van der Waals surface area contributed by atoms with Crippen molar-refractivity contribution in [2.45, 2.75) is 48.6 Å². The number of fused-ring (bicyclic) bond motifs is 2. The van der Waals surface area contributed by atoms with Crippen LogP contribution in [0.4, 0.5) is 0 Å². The molecule has 42 heavy (non-hydrogen) atoms. The number of phenolic OH excluding ortho intramolecular Hbond substituents is 1. The minimum absolute atomic E-state index is 0.119. The average molecular weight is 595 g/mol. The summed E-state index contributed by atoms with van der Waals surface area (Å²) in [6.45, 7) is 5.00. The molecule has 4 atom stereocenters. The molecule has 0 radical (unpaired) electrons. The van der Waals surface area contributed by atoms with E-state index in [-0.39, 0.29) is 34.3 Å². The molecule has 14 nitrogen and oxygen atoms in total. The van der Waals surface area contributed by atoms with Gasteiger partial charge in [0, 0.05) is 16.6 Å². The van der Waals surface area contributed by atoms with Crippen LogP contribution in [0.3, 0.4) is 0 Å². The topological polar surface area (TPSA) is 211 Å². The predicted octanol–water partition coefficient (Wildman–Crippen LogP) is 0.114. The molecule has 4 amide bonds. The minimum Gasteiger partial charge on any atom is -0.508 e. The molecule has 0 spiro atoms. The van der Waals surface area contributed by atoms with Gasteiger partial charge in [-0.25, -0.2) is 9.78 Å². The Morgan fingerprint density at radius 2 is 1.83 bits per heavy atom. The Balaban J connectivity index is 1.49. The second kappa shape index (κ2) is 10.2. The third-order valence-electron chi connectivity index (χ3n) is 7.27. The van der Waals surface area contributed by atoms with Gasteiger partial charge in [0.05, 0.1) is 5.39 Å². The lowest BCUT2D eigenvalue weighted by Crippen LogP contribution is -2.85. The number of nitrogens with one attached hydrogen (secondary N) is 4. The molecule has 2 aliphatic rings. The van der Waals surface area contributed by atoms with Crippen molar-refractivity contribution in [1.82, 2.24) is 30.8 Å². The van der Waals surface area contributed by atoms with E-state index >= 15 is 0 Å². The summed E-state index contributed by atoms with van der Waals surface area (Å²) in [5, 5.41) is 26.1. The van der Waals surface area contributed by atoms with E-state index in [1.807, 2.05) is 0 Å². The lowest BCUT2D eigenvalue weighted by Gasteiger charge is -2.52. The molecule has 0 bridgehead atoms. The number of rotatable bonds is 8. The number of amides is 4. The zero-order valence-corrected chi connectivity index (χ0v) is 23.3. The first-order valence-electron chi connectivity index (χ1n) is 12.7. The van der Waals surface area contributed by atoms with Crippen molar-refractivity contribution < 1.29 is 34.2 Å². The molecule has 2 saturated heterocycles. The van der Waals surface area contributed by atoms with E-state index in [0.717, 1.165) is 16.7 Å². The van der Waals surface area contributed by atoms with Crippen molar-refractivity contribution in [1.29, 1.82) is 0 Å². The van der Waals surface area contributed by atoms with Gasteiger partial charge in [-0.1, -0.05) is 12.1 Å². The van der Waals surface area contributed by atoms with Crippen LogP contribution in [-0.2, 0) is 19.2 Å². The first-order valence-corrected chi connectivity index (χ1v) is 13.5. The second-order valence-corrected chi connectivity index (χ2v) is 12.2. The maximum Gasteiger partial charge on any atom is 0.327 e. The van der Waals surface area contributed by atoms with E-state index in [1.54, 1.807) is 26.8 Å². The van der Waals surface area contributed by atoms with Crippen LogP contribution in [0.1, 0.15) is 41.5 Å². The zero-order chi connectivity index (χ0) is 30.6. The molecule has 5 rings (SSSR count). The fraction of sp³-hybridized carbons (Fsp3) is 0.296. The minimum atomic E-state index is -2.01. The number of aliphatic carboxylic acids is 1. The predicted molar refractivity (Wildman–Crippen MR) is 149 cm³/mol. The maximum absolute atomic E-state index is 13.8. The number of hydrogen-bond donors (Lipinski definition) is 6. The molecule has 2 aromatic heterocycles. The number of carbonyl (C=O) groups is 5. The molecule has 3 aromatic rings. The molecule has 2 aliphatic heterocycles. The molecule has 218 valence electrons. The Hall–Kier alpha value is -4.92. The number of pyridine rings is 2. The van der Waals surface area contributed by atoms with E-state index in [1.165, 1.54) is 36.5 Å². The van der Waals surface area contributed by atoms with E-state index in [2.05, 4.69) is 25.9 Å². The average Bonchev–Trinajstić information content (AvgIpc) is 3.20. The van der Waals surface area contributed by atoms with E-state index < -0.39 is 57.0 Å². The lowest BCUT2D eigenvalue weighted by atomic mass is 9.91. The van der Waals surface area contributed by atoms with Crippen LogP contribution >= 0.6 is 11.8 Å². The molecule has 1 unspecified atom stereocenters. The van der Waals surface area contributed by atoms with Gasteiger partial charge in [-0.05, 0) is 50.6 Å². The number of carbonyl (C=O) groups excluding carboxylic acids is 4. The number of aromatic amines is 1. The highest BCUT2D eigenvalue weighted by Gasteiger charge is 2.72. The van der Waals surface area contributed by atoms with Crippen LogP contribution in [0.2, 0.25) is 0 Å². The monoisotopic (exact) mass is 594 g/mol. The molecular weight excluding hydrogens is 568 g/mol. The summed E-state index contributed by atoms with van der Waals surface area (Å²) < 4.78 is -0.960. The maximum atomic E-state index is 13.8. The van der Waals surface area contributed by atoms with Crippen LogP contribution in [0.15, 0.2) is 47.4 Å². The Kier molecular flexibility index (Phi) is 6.92. The van der Waals surface area contributed by atoms with Crippen LogP contribution in [0.25, 0.3) is 11.0 Å². The van der Waals surface area contributed by atoms with Crippen molar-refractivity contribution in [3.05, 3.63) is 69.6 Å². The normalized spacial score (nSPS) is 22.9. The van der Waals surface area contributed by atoms with Crippen molar-refractivity contribution in [2.75, 3.05) is 0 Å². The summed E-state index contributed by atoms with van der Waals surface area (Å²) in [7, 11) is 0. The number of nitrogens with zero attached hydrogens (tertiary/aromatic N) is 2. The van der Waals surface area contributed by atoms with Gasteiger partial charge in [-0.3, -0.25) is 24.0 Å². The molecule has 15 heteroatoms. The first kappa shape index (κ1) is 28.6. The molecule has 0 aliphatic carbocycles. The number of aryl methyl sites for hydroxylation is 1. The third-order valence-corrected chi connectivity index (χ3v) is 8.91. The summed E-state index contributed by atoms with van der Waals surface area (Å²) in [5.41, 5.74) is -1.84. The van der Waals surface area contributed by atoms with Gasteiger partial charge in [0.25, 0.3) is 11.8 Å². The van der Waals surface area contributed by atoms with Gasteiger partial charge < -0.3 is 36.0 Å². The quantitative estimate of drug-likeness (QED) is 0.118. The van der Waals surface area contributed by atoms with Crippen LogP contribution in [0.5, 0.6) is 5.75 Å². The van der Waals surface area contributed by atoms with E-state index in [9.17, 15) is 39.0 Å². The smallest absolute Gasteiger partial charge is 0.327 e. The number of aromatic hydroxyl groups is 1. The standard InChI is InChI=1S/C27H26N6O8S/c1-12-4-9-15-18(36)16(10-28-20(15)30-12)21(37)31-17(13-5-7-14(35)8-6-13)22(38)32-27(29-11-34)24(41)33-19(23(39)40)26(2,3)42-25(27)33/h4-11,17,19,25,35H,1-3H3,(H,29,34)(H,31,37)(H,32,38)(H,39,40)(H,28,30,36)/t17?,19-,25+,27+/m0/s1. The highest BCUT2D eigenvalue weighted by atomic mass is 32.2. The summed E-state index contributed by atoms with van der Waals surface area (Å²) >= 11 is 1.09. The Morgan fingerprint density at radius 1 is 1.14 bits per heavy atom. The van der Waals surface area contributed by atoms with Crippen molar-refractivity contribution in [3.63, 3.8) is 0 Å². The van der Waals surface area contributed by atoms with Crippen molar-refractivity contribution in [3.8, 4) is 5.75 Å². The molecule has 2 fully saturated rings. The van der Waals surface area contributed by atoms with Crippen LogP contribution < -0.4 is 21.4 Å². The first-order chi connectivity index (χ1) is 19.8. The number of thioether (sulfide) groups is 1. The number of β-lactam (4-membered cyclic amide) rings is 1. The third kappa shape index (κ3) is 4.51. The van der Waals surface area contributed by atoms with Gasteiger partial charge in [-0.2, -0.15) is 0 Å². The van der Waals surface area contributed by atoms with Gasteiger partial charge in [-0.15, -0.1) is 11.8 Å². The van der Waals surface area contributed by atoms with Gasteiger partial charge in [0.15, 0.2) is 0 Å². The zero-order valence-electron chi connectivity index (χ0n) is 22.5. The highest BCUT2D eigenvalue weighted by molar-refractivity contribution is 8.01. The van der Waals surface area contributed by atoms with Crippen LogP contribution in [-0.4, -0.2) is 77.0 Å². The van der Waals surface area contributed by atoms with Crippen molar-refractivity contribution in [2.24, 2.45) is 0 Å². The Bertz CT molecular complexity index is 1710. The van der Waals surface area contributed by atoms with E-state index in [0.29, 0.717) is 5.69 Å². The number of carboxylic acids is 1. The van der Waals surface area contributed by atoms with Gasteiger partial charge in [0.1, 0.15) is 34.4 Å². The lowest BCUT2D eigenvalue weighted by molar-refractivity contribution is -0.172. The second-order valence-electron chi connectivity index (χ2n) is 10.5. The number of hydrogen-bond acceptors (Lipinski definition) is 9. The Morgan fingerprint density at radius 3 is 2.48 bits per heavy atom. The SMILES string of the molecule is Cc1ccc2c(=O)c(C(=O)NC(C(=O)N[C@]3(NC=O)C(=O)N4[C@@H](C(=O)O)C(C)(C)S[C@@H]43)c3ccc(O)cc3)c[nH]c2n1.